The lowest BCUT2D eigenvalue weighted by Gasteiger charge is -2.28. The Morgan fingerprint density at radius 2 is 1.92 bits per heavy atom. The number of carboxylic acids is 1. The van der Waals surface area contributed by atoms with Gasteiger partial charge in [-0.15, -0.1) is 0 Å². The highest BCUT2D eigenvalue weighted by Gasteiger charge is 2.45. The van der Waals surface area contributed by atoms with Gasteiger partial charge in [-0.25, -0.2) is 13.1 Å². The van der Waals surface area contributed by atoms with E-state index in [1.807, 2.05) is 6.08 Å². The fourth-order valence-corrected chi connectivity index (χ4v) is 5.61. The van der Waals surface area contributed by atoms with Crippen molar-refractivity contribution >= 4 is 16.0 Å². The normalized spacial score (nSPS) is 27.6. The number of rotatable bonds is 13. The van der Waals surface area contributed by atoms with Crippen molar-refractivity contribution < 1.29 is 18.3 Å². The Kier molecular flexibility index (Phi) is 8.35. The minimum atomic E-state index is -3.22. The Bertz CT molecular complexity index is 611. The average molecular weight is 384 g/mol. The van der Waals surface area contributed by atoms with Crippen LogP contribution in [0.2, 0.25) is 0 Å². The SMILES string of the molecule is CCCCCCS(=O)(=O)NC1C2C=CC(C2)C1CC=CCCCC(=O)O. The van der Waals surface area contributed by atoms with Gasteiger partial charge in [0.15, 0.2) is 0 Å². The maximum atomic E-state index is 12.4. The Hall–Kier alpha value is -1.14. The summed E-state index contributed by atoms with van der Waals surface area (Å²) in [7, 11) is -3.22. The molecule has 0 heterocycles. The summed E-state index contributed by atoms with van der Waals surface area (Å²) >= 11 is 0. The third-order valence-electron chi connectivity index (χ3n) is 5.54. The number of aliphatic carboxylic acids is 1. The Labute approximate surface area is 158 Å². The molecule has 2 aliphatic carbocycles. The van der Waals surface area contributed by atoms with Crippen LogP contribution < -0.4 is 4.72 Å². The van der Waals surface area contributed by atoms with E-state index in [0.717, 1.165) is 44.9 Å². The number of carboxylic acid groups (broad SMARTS) is 1. The van der Waals surface area contributed by atoms with Gasteiger partial charge in [-0.3, -0.25) is 4.79 Å². The monoisotopic (exact) mass is 383 g/mol. The predicted molar refractivity (Wildman–Crippen MR) is 104 cm³/mol. The van der Waals surface area contributed by atoms with Crippen LogP contribution in [-0.4, -0.2) is 31.3 Å². The van der Waals surface area contributed by atoms with Gasteiger partial charge in [-0.05, 0) is 49.9 Å². The molecule has 0 aromatic carbocycles. The number of fused-ring (bicyclic) bond motifs is 2. The molecule has 2 aliphatic rings. The van der Waals surface area contributed by atoms with Crippen LogP contribution in [0.4, 0.5) is 0 Å². The molecule has 2 rings (SSSR count). The van der Waals surface area contributed by atoms with Gasteiger partial charge in [0.05, 0.1) is 5.75 Å². The molecule has 148 valence electrons. The molecule has 0 saturated heterocycles. The smallest absolute Gasteiger partial charge is 0.303 e. The van der Waals surface area contributed by atoms with Gasteiger partial charge in [0.2, 0.25) is 10.0 Å². The van der Waals surface area contributed by atoms with E-state index in [2.05, 4.69) is 29.9 Å². The van der Waals surface area contributed by atoms with Crippen LogP contribution in [0, 0.1) is 17.8 Å². The summed E-state index contributed by atoms with van der Waals surface area (Å²) in [6.45, 7) is 2.12. The van der Waals surface area contributed by atoms with E-state index in [9.17, 15) is 13.2 Å². The molecular weight excluding hydrogens is 350 g/mol. The zero-order chi connectivity index (χ0) is 19.0. The largest absolute Gasteiger partial charge is 0.481 e. The lowest BCUT2D eigenvalue weighted by Crippen LogP contribution is -2.43. The molecule has 0 aromatic heterocycles. The van der Waals surface area contributed by atoms with Crippen molar-refractivity contribution in [1.82, 2.24) is 4.72 Å². The summed E-state index contributed by atoms with van der Waals surface area (Å²) in [4.78, 5) is 10.5. The van der Waals surface area contributed by atoms with Crippen LogP contribution in [0.5, 0.6) is 0 Å². The second-order valence-corrected chi connectivity index (χ2v) is 9.50. The predicted octanol–water partition coefficient (Wildman–Crippen LogP) is 3.88. The zero-order valence-electron chi connectivity index (χ0n) is 15.8. The fraction of sp³-hybridized carbons (Fsp3) is 0.750. The summed E-state index contributed by atoms with van der Waals surface area (Å²) in [6, 6.07) is 0.00449. The van der Waals surface area contributed by atoms with E-state index in [0.29, 0.717) is 24.2 Å². The fourth-order valence-electron chi connectivity index (χ4n) is 4.15. The molecule has 6 heteroatoms. The molecule has 0 amide bonds. The second kappa shape index (κ2) is 10.3. The van der Waals surface area contributed by atoms with Gasteiger partial charge in [0.1, 0.15) is 0 Å². The van der Waals surface area contributed by atoms with Gasteiger partial charge in [-0.2, -0.15) is 0 Å². The first-order valence-corrected chi connectivity index (χ1v) is 11.6. The van der Waals surface area contributed by atoms with Crippen LogP contribution in [0.25, 0.3) is 0 Å². The lowest BCUT2D eigenvalue weighted by atomic mass is 9.86. The Balaban J connectivity index is 1.83. The Morgan fingerprint density at radius 3 is 2.65 bits per heavy atom. The first kappa shape index (κ1) is 21.2. The lowest BCUT2D eigenvalue weighted by molar-refractivity contribution is -0.137. The van der Waals surface area contributed by atoms with E-state index in [1.165, 1.54) is 0 Å². The summed E-state index contributed by atoms with van der Waals surface area (Å²) in [5, 5.41) is 8.65. The molecule has 0 radical (unpaired) electrons. The number of unbranched alkanes of at least 4 members (excludes halogenated alkanes) is 4. The van der Waals surface area contributed by atoms with E-state index < -0.39 is 16.0 Å². The highest BCUT2D eigenvalue weighted by Crippen LogP contribution is 2.45. The van der Waals surface area contributed by atoms with Crippen LogP contribution in [-0.2, 0) is 14.8 Å². The molecule has 26 heavy (non-hydrogen) atoms. The molecule has 0 spiro atoms. The zero-order valence-corrected chi connectivity index (χ0v) is 16.6. The standard InChI is InChI=1S/C20H33NO4S/c1-2-3-4-9-14-26(24,25)21-20-17-13-12-16(15-17)18(20)10-7-5-6-8-11-19(22)23/h5,7,12-13,16-18,20-21H,2-4,6,8-11,14-15H2,1H3,(H,22,23). The number of carbonyl (C=O) groups is 1. The number of hydrogen-bond donors (Lipinski definition) is 2. The number of sulfonamides is 1. The quantitative estimate of drug-likeness (QED) is 0.373. The minimum absolute atomic E-state index is 0.00449. The summed E-state index contributed by atoms with van der Waals surface area (Å²) in [5.41, 5.74) is 0. The molecule has 2 N–H and O–H groups in total. The number of allylic oxidation sites excluding steroid dienone is 3. The molecule has 1 saturated carbocycles. The van der Waals surface area contributed by atoms with Crippen LogP contribution in [0.15, 0.2) is 24.3 Å². The topological polar surface area (TPSA) is 83.5 Å². The van der Waals surface area contributed by atoms with Crippen molar-refractivity contribution in [2.75, 3.05) is 5.75 Å². The van der Waals surface area contributed by atoms with E-state index in [-0.39, 0.29) is 18.2 Å². The van der Waals surface area contributed by atoms with Crippen molar-refractivity contribution in [2.24, 2.45) is 17.8 Å². The molecule has 5 nitrogen and oxygen atoms in total. The highest BCUT2D eigenvalue weighted by atomic mass is 32.2. The third-order valence-corrected chi connectivity index (χ3v) is 7.00. The first-order chi connectivity index (χ1) is 12.4. The third kappa shape index (κ3) is 6.54. The first-order valence-electron chi connectivity index (χ1n) is 9.98. The van der Waals surface area contributed by atoms with Crippen molar-refractivity contribution in [3.05, 3.63) is 24.3 Å². The van der Waals surface area contributed by atoms with Crippen molar-refractivity contribution in [3.8, 4) is 0 Å². The molecule has 0 aromatic rings. The summed E-state index contributed by atoms with van der Waals surface area (Å²) < 4.78 is 27.9. The molecule has 1 fully saturated rings. The maximum absolute atomic E-state index is 12.4. The van der Waals surface area contributed by atoms with E-state index in [1.54, 1.807) is 0 Å². The van der Waals surface area contributed by atoms with Gasteiger partial charge < -0.3 is 5.11 Å². The highest BCUT2D eigenvalue weighted by molar-refractivity contribution is 7.89. The second-order valence-electron chi connectivity index (χ2n) is 7.63. The minimum Gasteiger partial charge on any atom is -0.481 e. The van der Waals surface area contributed by atoms with Crippen LogP contribution in [0.3, 0.4) is 0 Å². The van der Waals surface area contributed by atoms with Crippen molar-refractivity contribution in [3.63, 3.8) is 0 Å². The van der Waals surface area contributed by atoms with Gasteiger partial charge >= 0.3 is 5.97 Å². The molecule has 2 bridgehead atoms. The van der Waals surface area contributed by atoms with Crippen LogP contribution in [0.1, 0.15) is 64.7 Å². The summed E-state index contributed by atoms with van der Waals surface area (Å²) in [6.07, 6.45) is 15.9. The van der Waals surface area contributed by atoms with Crippen LogP contribution >= 0.6 is 0 Å². The van der Waals surface area contributed by atoms with E-state index >= 15 is 0 Å². The molecular formula is C20H33NO4S. The number of nitrogens with one attached hydrogen (secondary N) is 1. The van der Waals surface area contributed by atoms with E-state index in [4.69, 9.17) is 5.11 Å². The Morgan fingerprint density at radius 1 is 1.15 bits per heavy atom. The number of hydrogen-bond acceptors (Lipinski definition) is 3. The van der Waals surface area contributed by atoms with Crippen molar-refractivity contribution in [2.45, 2.75) is 70.8 Å². The van der Waals surface area contributed by atoms with Gasteiger partial charge in [0.25, 0.3) is 0 Å². The molecule has 4 atom stereocenters. The van der Waals surface area contributed by atoms with Gasteiger partial charge in [-0.1, -0.05) is 50.5 Å². The maximum Gasteiger partial charge on any atom is 0.303 e. The molecule has 0 aliphatic heterocycles. The summed E-state index contributed by atoms with van der Waals surface area (Å²) in [5.74, 6) is 0.547. The molecule has 4 unspecified atom stereocenters. The average Bonchev–Trinajstić information content (AvgIpc) is 3.16. The van der Waals surface area contributed by atoms with Crippen molar-refractivity contribution in [1.29, 1.82) is 0 Å². The van der Waals surface area contributed by atoms with Gasteiger partial charge in [0, 0.05) is 12.5 Å².